The Morgan fingerprint density at radius 3 is 2.50 bits per heavy atom. The smallest absolute Gasteiger partial charge is 0.266 e. The Morgan fingerprint density at radius 2 is 1.72 bits per heavy atom. The van der Waals surface area contributed by atoms with Crippen molar-refractivity contribution in [2.24, 2.45) is 0 Å². The highest BCUT2D eigenvalue weighted by molar-refractivity contribution is 9.10. The Hall–Kier alpha value is -3.51. The van der Waals surface area contributed by atoms with E-state index in [1.807, 2.05) is 74.5 Å². The summed E-state index contributed by atoms with van der Waals surface area (Å²) in [5.74, 6) is 0.328. The van der Waals surface area contributed by atoms with Gasteiger partial charge in [0.05, 0.1) is 27.9 Å². The zero-order valence-corrected chi connectivity index (χ0v) is 19.3. The number of likely N-dealkylation sites (N-methyl/N-ethyl adjacent to an activating group) is 1. The normalized spacial score (nSPS) is 14.4. The van der Waals surface area contributed by atoms with Crippen molar-refractivity contribution in [3.8, 4) is 5.69 Å². The SMILES string of the molecule is CCN1C(=O)C(=Cc2nc3ccccc3c(=O)n2-c2ccccc2C)c2cc(Br)ccc21. The van der Waals surface area contributed by atoms with E-state index in [1.165, 1.54) is 0 Å². The fourth-order valence-electron chi connectivity index (χ4n) is 4.21. The van der Waals surface area contributed by atoms with Gasteiger partial charge in [0, 0.05) is 16.6 Å². The third-order valence-corrected chi connectivity index (χ3v) is 6.26. The molecule has 3 aromatic carbocycles. The van der Waals surface area contributed by atoms with Crippen molar-refractivity contribution in [2.45, 2.75) is 13.8 Å². The van der Waals surface area contributed by atoms with Gasteiger partial charge in [-0.05, 0) is 61.9 Å². The van der Waals surface area contributed by atoms with Crippen molar-refractivity contribution < 1.29 is 4.79 Å². The first kappa shape index (κ1) is 20.4. The zero-order chi connectivity index (χ0) is 22.4. The lowest BCUT2D eigenvalue weighted by Gasteiger charge is -2.14. The first-order valence-electron chi connectivity index (χ1n) is 10.4. The molecule has 0 atom stereocenters. The number of aromatic nitrogens is 2. The second-order valence-electron chi connectivity index (χ2n) is 7.68. The number of anilines is 1. The first-order chi connectivity index (χ1) is 15.5. The summed E-state index contributed by atoms with van der Waals surface area (Å²) >= 11 is 3.52. The average molecular weight is 486 g/mol. The minimum atomic E-state index is -0.163. The summed E-state index contributed by atoms with van der Waals surface area (Å²) in [5.41, 5.74) is 4.33. The fraction of sp³-hybridized carbons (Fsp3) is 0.115. The van der Waals surface area contributed by atoms with Crippen molar-refractivity contribution in [3.63, 3.8) is 0 Å². The van der Waals surface area contributed by atoms with E-state index < -0.39 is 0 Å². The molecule has 5 rings (SSSR count). The van der Waals surface area contributed by atoms with Crippen molar-refractivity contribution >= 4 is 50.1 Å². The highest BCUT2D eigenvalue weighted by Crippen LogP contribution is 2.39. The Labute approximate surface area is 193 Å². The van der Waals surface area contributed by atoms with Crippen LogP contribution in [0.2, 0.25) is 0 Å². The summed E-state index contributed by atoms with van der Waals surface area (Å²) in [4.78, 5) is 33.4. The highest BCUT2D eigenvalue weighted by atomic mass is 79.9. The van der Waals surface area contributed by atoms with E-state index >= 15 is 0 Å². The first-order valence-corrected chi connectivity index (χ1v) is 11.2. The van der Waals surface area contributed by atoms with Crippen LogP contribution in [-0.2, 0) is 4.79 Å². The Kier molecular flexibility index (Phi) is 5.02. The number of aryl methyl sites for hydroxylation is 1. The minimum Gasteiger partial charge on any atom is -0.308 e. The van der Waals surface area contributed by atoms with Crippen molar-refractivity contribution in [1.82, 2.24) is 9.55 Å². The molecule has 158 valence electrons. The lowest BCUT2D eigenvalue weighted by Crippen LogP contribution is -2.26. The Balaban J connectivity index is 1.84. The molecule has 1 amide bonds. The van der Waals surface area contributed by atoms with E-state index in [0.717, 1.165) is 27.0 Å². The van der Waals surface area contributed by atoms with Crippen LogP contribution in [0.4, 0.5) is 5.69 Å². The minimum absolute atomic E-state index is 0.0978. The molecular formula is C26H20BrN3O2. The van der Waals surface area contributed by atoms with Crippen LogP contribution in [0.5, 0.6) is 0 Å². The van der Waals surface area contributed by atoms with Gasteiger partial charge >= 0.3 is 0 Å². The maximum absolute atomic E-state index is 13.6. The van der Waals surface area contributed by atoms with Crippen LogP contribution in [0.1, 0.15) is 23.9 Å². The lowest BCUT2D eigenvalue weighted by atomic mass is 10.1. The number of amides is 1. The van der Waals surface area contributed by atoms with E-state index in [4.69, 9.17) is 4.98 Å². The second-order valence-corrected chi connectivity index (χ2v) is 8.60. The van der Waals surface area contributed by atoms with E-state index in [0.29, 0.717) is 28.8 Å². The standard InChI is InChI=1S/C26H20BrN3O2/c1-3-29-23-13-12-17(27)14-19(23)20(25(29)31)15-24-28-21-10-6-5-9-18(21)26(32)30(24)22-11-7-4-8-16(22)2/h4-15H,3H2,1-2H3. The Morgan fingerprint density at radius 1 is 0.969 bits per heavy atom. The number of hydrogen-bond donors (Lipinski definition) is 0. The van der Waals surface area contributed by atoms with Gasteiger partial charge in [0.25, 0.3) is 11.5 Å². The summed E-state index contributed by atoms with van der Waals surface area (Å²) in [6.45, 7) is 4.46. The van der Waals surface area contributed by atoms with Crippen LogP contribution in [0.15, 0.2) is 76.0 Å². The number of carbonyl (C=O) groups is 1. The summed E-state index contributed by atoms with van der Waals surface area (Å²) in [5, 5.41) is 0.536. The molecule has 0 saturated heterocycles. The van der Waals surface area contributed by atoms with Crippen LogP contribution in [0.3, 0.4) is 0 Å². The molecular weight excluding hydrogens is 466 g/mol. The average Bonchev–Trinajstić information content (AvgIpc) is 3.05. The van der Waals surface area contributed by atoms with Crippen LogP contribution in [0, 0.1) is 6.92 Å². The van der Waals surface area contributed by atoms with Crippen LogP contribution >= 0.6 is 15.9 Å². The van der Waals surface area contributed by atoms with Crippen molar-refractivity contribution in [2.75, 3.05) is 11.4 Å². The van der Waals surface area contributed by atoms with Gasteiger partial charge in [-0.25, -0.2) is 4.98 Å². The lowest BCUT2D eigenvalue weighted by molar-refractivity contribution is -0.112. The monoisotopic (exact) mass is 485 g/mol. The summed E-state index contributed by atoms with van der Waals surface area (Å²) < 4.78 is 2.49. The zero-order valence-electron chi connectivity index (χ0n) is 17.7. The van der Waals surface area contributed by atoms with Crippen LogP contribution in [-0.4, -0.2) is 22.0 Å². The molecule has 0 bridgehead atoms. The Bertz CT molecular complexity index is 1490. The van der Waals surface area contributed by atoms with E-state index in [-0.39, 0.29) is 11.5 Å². The summed E-state index contributed by atoms with van der Waals surface area (Å²) in [6.07, 6.45) is 1.74. The molecule has 0 N–H and O–H groups in total. The van der Waals surface area contributed by atoms with E-state index in [9.17, 15) is 9.59 Å². The van der Waals surface area contributed by atoms with Gasteiger partial charge in [-0.15, -0.1) is 0 Å². The van der Waals surface area contributed by atoms with Crippen molar-refractivity contribution in [3.05, 3.63) is 98.5 Å². The topological polar surface area (TPSA) is 55.2 Å². The van der Waals surface area contributed by atoms with Gasteiger partial charge in [-0.3, -0.25) is 14.2 Å². The van der Waals surface area contributed by atoms with Crippen LogP contribution < -0.4 is 10.5 Å². The second kappa shape index (κ2) is 7.88. The molecule has 1 aliphatic heterocycles. The van der Waals surface area contributed by atoms with E-state index in [1.54, 1.807) is 21.6 Å². The number of fused-ring (bicyclic) bond motifs is 2. The summed E-state index contributed by atoms with van der Waals surface area (Å²) in [7, 11) is 0. The number of para-hydroxylation sites is 2. The molecule has 0 saturated carbocycles. The van der Waals surface area contributed by atoms with Gasteiger partial charge in [0.1, 0.15) is 5.82 Å². The quantitative estimate of drug-likeness (QED) is 0.366. The number of nitrogens with zero attached hydrogens (tertiary/aromatic N) is 3. The number of benzene rings is 3. The molecule has 0 radical (unpaired) electrons. The molecule has 0 fully saturated rings. The van der Waals surface area contributed by atoms with Gasteiger partial charge in [-0.1, -0.05) is 46.3 Å². The van der Waals surface area contributed by atoms with Gasteiger partial charge in [0.15, 0.2) is 0 Å². The molecule has 4 aromatic rings. The fourth-order valence-corrected chi connectivity index (χ4v) is 4.57. The molecule has 6 heteroatoms. The molecule has 1 aliphatic rings. The molecule has 5 nitrogen and oxygen atoms in total. The molecule has 1 aromatic heterocycles. The van der Waals surface area contributed by atoms with Crippen molar-refractivity contribution in [1.29, 1.82) is 0 Å². The number of rotatable bonds is 3. The summed E-state index contributed by atoms with van der Waals surface area (Å²) in [6, 6.07) is 20.8. The molecule has 0 unspecified atom stereocenters. The number of halogens is 1. The van der Waals surface area contributed by atoms with Crippen LogP contribution in [0.25, 0.3) is 28.2 Å². The third kappa shape index (κ3) is 3.19. The van der Waals surface area contributed by atoms with Gasteiger partial charge < -0.3 is 4.90 Å². The highest BCUT2D eigenvalue weighted by Gasteiger charge is 2.32. The molecule has 0 aliphatic carbocycles. The number of hydrogen-bond acceptors (Lipinski definition) is 3. The third-order valence-electron chi connectivity index (χ3n) is 5.76. The maximum atomic E-state index is 13.6. The predicted molar refractivity (Wildman–Crippen MR) is 132 cm³/mol. The predicted octanol–water partition coefficient (Wildman–Crippen LogP) is 5.36. The van der Waals surface area contributed by atoms with E-state index in [2.05, 4.69) is 15.9 Å². The largest absolute Gasteiger partial charge is 0.308 e. The molecule has 2 heterocycles. The molecule has 0 spiro atoms. The van der Waals surface area contributed by atoms with Gasteiger partial charge in [0.2, 0.25) is 0 Å². The molecule has 32 heavy (non-hydrogen) atoms. The number of carbonyl (C=O) groups excluding carboxylic acids is 1. The maximum Gasteiger partial charge on any atom is 0.266 e. The van der Waals surface area contributed by atoms with Gasteiger partial charge in [-0.2, -0.15) is 0 Å².